The van der Waals surface area contributed by atoms with Crippen LogP contribution in [0.4, 0.5) is 0 Å². The average molecular weight is 349 g/mol. The zero-order valence-electron chi connectivity index (χ0n) is 13.2. The van der Waals surface area contributed by atoms with Crippen LogP contribution in [0.2, 0.25) is 0 Å². The second-order valence-corrected chi connectivity index (χ2v) is 6.61. The molecule has 0 aliphatic rings. The van der Waals surface area contributed by atoms with Crippen LogP contribution >= 0.6 is 15.9 Å². The van der Waals surface area contributed by atoms with E-state index in [1.165, 1.54) is 16.8 Å². The molecule has 0 fully saturated rings. The summed E-state index contributed by atoms with van der Waals surface area (Å²) in [6, 6.07) is 11.5. The van der Waals surface area contributed by atoms with E-state index in [1.54, 1.807) is 0 Å². The lowest BCUT2D eigenvalue weighted by atomic mass is 9.96. The molecule has 0 spiro atoms. The van der Waals surface area contributed by atoms with Gasteiger partial charge in [-0.2, -0.15) is 5.10 Å². The van der Waals surface area contributed by atoms with Gasteiger partial charge in [0.15, 0.2) is 0 Å². The van der Waals surface area contributed by atoms with Crippen molar-refractivity contribution in [2.75, 3.05) is 5.33 Å². The van der Waals surface area contributed by atoms with Crippen molar-refractivity contribution in [3.05, 3.63) is 53.3 Å². The first-order valence-corrected chi connectivity index (χ1v) is 8.90. The zero-order valence-corrected chi connectivity index (χ0v) is 14.8. The zero-order chi connectivity index (χ0) is 15.2. The molecule has 0 aliphatic heterocycles. The quantitative estimate of drug-likeness (QED) is 0.646. The van der Waals surface area contributed by atoms with E-state index in [4.69, 9.17) is 5.10 Å². The minimum atomic E-state index is 0.484. The fourth-order valence-electron chi connectivity index (χ4n) is 2.57. The molecule has 0 saturated heterocycles. The molecule has 0 N–H and O–H groups in total. The third-order valence-electron chi connectivity index (χ3n) is 4.03. The molecule has 0 amide bonds. The van der Waals surface area contributed by atoms with Crippen molar-refractivity contribution in [3.8, 4) is 0 Å². The van der Waals surface area contributed by atoms with Gasteiger partial charge in [0.05, 0.1) is 5.69 Å². The summed E-state index contributed by atoms with van der Waals surface area (Å²) in [4.78, 5) is 0. The smallest absolute Gasteiger partial charge is 0.0627 e. The maximum absolute atomic E-state index is 4.72. The Kier molecular flexibility index (Phi) is 6.04. The molecule has 0 aliphatic carbocycles. The van der Waals surface area contributed by atoms with Gasteiger partial charge in [0.25, 0.3) is 0 Å². The highest BCUT2D eigenvalue weighted by Gasteiger charge is 2.12. The van der Waals surface area contributed by atoms with Gasteiger partial charge in [-0.1, -0.05) is 52.7 Å². The summed E-state index contributed by atoms with van der Waals surface area (Å²) in [5.74, 6) is 0.590. The van der Waals surface area contributed by atoms with Gasteiger partial charge in [-0.05, 0) is 50.7 Å². The van der Waals surface area contributed by atoms with E-state index in [9.17, 15) is 0 Å². The number of halogens is 1. The van der Waals surface area contributed by atoms with Gasteiger partial charge < -0.3 is 0 Å². The first-order chi connectivity index (χ1) is 10.1. The molecule has 1 aromatic heterocycles. The fourth-order valence-corrected chi connectivity index (χ4v) is 3.03. The summed E-state index contributed by atoms with van der Waals surface area (Å²) in [6.45, 7) is 6.57. The number of aryl methyl sites for hydroxylation is 1. The third kappa shape index (κ3) is 4.70. The predicted octanol–water partition coefficient (Wildman–Crippen LogP) is 4.96. The van der Waals surface area contributed by atoms with Crippen LogP contribution in [0.3, 0.4) is 0 Å². The number of rotatable bonds is 7. The Balaban J connectivity index is 2.00. The van der Waals surface area contributed by atoms with Crippen LogP contribution in [0.25, 0.3) is 0 Å². The number of hydrogen-bond donors (Lipinski definition) is 0. The fraction of sp³-hybridized carbons (Fsp3) is 0.500. The SMILES string of the molecule is CCC(C)n1ccc(CC(CBr)Cc2cccc(C)c2)n1. The van der Waals surface area contributed by atoms with E-state index in [0.717, 1.165) is 24.6 Å². The standard InChI is InChI=1S/C18H25BrN2/c1-4-15(3)21-9-8-18(20-21)12-17(13-19)11-16-7-5-6-14(2)10-16/h5-10,15,17H,4,11-13H2,1-3H3. The van der Waals surface area contributed by atoms with Gasteiger partial charge in [-0.25, -0.2) is 0 Å². The van der Waals surface area contributed by atoms with Gasteiger partial charge in [0, 0.05) is 17.6 Å². The molecule has 1 heterocycles. The molecule has 21 heavy (non-hydrogen) atoms. The van der Waals surface area contributed by atoms with Crippen LogP contribution in [0.15, 0.2) is 36.5 Å². The molecule has 1 aromatic carbocycles. The minimum absolute atomic E-state index is 0.484. The van der Waals surface area contributed by atoms with Gasteiger partial charge in [-0.15, -0.1) is 0 Å². The van der Waals surface area contributed by atoms with Crippen LogP contribution < -0.4 is 0 Å². The molecular formula is C18H25BrN2. The van der Waals surface area contributed by atoms with E-state index in [2.05, 4.69) is 77.9 Å². The van der Waals surface area contributed by atoms with Crippen molar-refractivity contribution in [2.45, 2.75) is 46.1 Å². The van der Waals surface area contributed by atoms with Crippen molar-refractivity contribution >= 4 is 15.9 Å². The number of hydrogen-bond acceptors (Lipinski definition) is 1. The van der Waals surface area contributed by atoms with E-state index in [1.807, 2.05) is 0 Å². The Morgan fingerprint density at radius 3 is 2.71 bits per heavy atom. The summed E-state index contributed by atoms with van der Waals surface area (Å²) in [7, 11) is 0. The largest absolute Gasteiger partial charge is 0.270 e. The van der Waals surface area contributed by atoms with Crippen LogP contribution in [0.1, 0.15) is 43.1 Å². The number of alkyl halides is 1. The molecule has 3 heteroatoms. The van der Waals surface area contributed by atoms with Crippen LogP contribution in [-0.4, -0.2) is 15.1 Å². The number of benzene rings is 1. The number of nitrogens with zero attached hydrogens (tertiary/aromatic N) is 2. The molecule has 2 atom stereocenters. The van der Waals surface area contributed by atoms with Crippen LogP contribution in [0.5, 0.6) is 0 Å². The van der Waals surface area contributed by atoms with Gasteiger partial charge >= 0.3 is 0 Å². The second-order valence-electron chi connectivity index (χ2n) is 5.96. The lowest BCUT2D eigenvalue weighted by molar-refractivity contribution is 0.468. The first-order valence-electron chi connectivity index (χ1n) is 7.78. The highest BCUT2D eigenvalue weighted by atomic mass is 79.9. The monoisotopic (exact) mass is 348 g/mol. The lowest BCUT2D eigenvalue weighted by Crippen LogP contribution is -2.11. The normalized spacial score (nSPS) is 14.1. The summed E-state index contributed by atoms with van der Waals surface area (Å²) >= 11 is 3.66. The van der Waals surface area contributed by atoms with Gasteiger partial charge in [0.2, 0.25) is 0 Å². The molecule has 2 nitrogen and oxygen atoms in total. The molecule has 0 bridgehead atoms. The predicted molar refractivity (Wildman–Crippen MR) is 93.1 cm³/mol. The van der Waals surface area contributed by atoms with Gasteiger partial charge in [0.1, 0.15) is 0 Å². The van der Waals surface area contributed by atoms with Crippen molar-refractivity contribution in [1.29, 1.82) is 0 Å². The summed E-state index contributed by atoms with van der Waals surface area (Å²) in [5, 5.41) is 5.73. The molecule has 0 radical (unpaired) electrons. The Morgan fingerprint density at radius 1 is 1.24 bits per heavy atom. The van der Waals surface area contributed by atoms with Crippen LogP contribution in [-0.2, 0) is 12.8 Å². The van der Waals surface area contributed by atoms with E-state index in [-0.39, 0.29) is 0 Å². The maximum atomic E-state index is 4.72. The third-order valence-corrected chi connectivity index (χ3v) is 4.94. The number of aromatic nitrogens is 2. The van der Waals surface area contributed by atoms with Crippen molar-refractivity contribution < 1.29 is 0 Å². The van der Waals surface area contributed by atoms with E-state index in [0.29, 0.717) is 12.0 Å². The lowest BCUT2D eigenvalue weighted by Gasteiger charge is -2.13. The molecular weight excluding hydrogens is 324 g/mol. The first kappa shape index (κ1) is 16.3. The molecule has 2 rings (SSSR count). The average Bonchev–Trinajstić information content (AvgIpc) is 2.94. The van der Waals surface area contributed by atoms with E-state index >= 15 is 0 Å². The summed E-state index contributed by atoms with van der Waals surface area (Å²) in [6.07, 6.45) is 5.36. The summed E-state index contributed by atoms with van der Waals surface area (Å²) < 4.78 is 2.09. The van der Waals surface area contributed by atoms with Crippen molar-refractivity contribution in [2.24, 2.45) is 5.92 Å². The Hall–Kier alpha value is -1.09. The van der Waals surface area contributed by atoms with Crippen molar-refractivity contribution in [1.82, 2.24) is 9.78 Å². The highest BCUT2D eigenvalue weighted by molar-refractivity contribution is 9.09. The Morgan fingerprint density at radius 2 is 2.05 bits per heavy atom. The molecule has 2 aromatic rings. The topological polar surface area (TPSA) is 17.8 Å². The molecule has 2 unspecified atom stereocenters. The highest BCUT2D eigenvalue weighted by Crippen LogP contribution is 2.18. The van der Waals surface area contributed by atoms with Crippen LogP contribution in [0, 0.1) is 12.8 Å². The Bertz CT molecular complexity index is 562. The van der Waals surface area contributed by atoms with Crippen molar-refractivity contribution in [3.63, 3.8) is 0 Å². The van der Waals surface area contributed by atoms with Gasteiger partial charge in [-0.3, -0.25) is 4.68 Å². The molecule has 0 saturated carbocycles. The Labute approximate surface area is 136 Å². The summed E-state index contributed by atoms with van der Waals surface area (Å²) in [5.41, 5.74) is 3.95. The van der Waals surface area contributed by atoms with E-state index < -0.39 is 0 Å². The minimum Gasteiger partial charge on any atom is -0.270 e. The second kappa shape index (κ2) is 7.79. The maximum Gasteiger partial charge on any atom is 0.0627 e. The molecule has 114 valence electrons.